The third-order valence-corrected chi connectivity index (χ3v) is 4.67. The van der Waals surface area contributed by atoms with Crippen LogP contribution in [0.5, 0.6) is 0 Å². The SMILES string of the molecule is COC1CC(NC(=O)c2cc(F)c(C)c(S(N)(=O)=O)c2)C1. The second-order valence-corrected chi connectivity index (χ2v) is 6.66. The number of primary sulfonamides is 1. The lowest BCUT2D eigenvalue weighted by atomic mass is 9.89. The van der Waals surface area contributed by atoms with Crippen LogP contribution < -0.4 is 10.5 Å². The van der Waals surface area contributed by atoms with Gasteiger partial charge in [-0.1, -0.05) is 0 Å². The second-order valence-electron chi connectivity index (χ2n) is 5.13. The standard InChI is InChI=1S/C13H17FN2O4S/c1-7-11(14)3-8(4-12(7)21(15,18)19)13(17)16-9-5-10(6-9)20-2/h3-4,9-10H,5-6H2,1-2H3,(H,16,17)(H2,15,18,19). The van der Waals surface area contributed by atoms with Gasteiger partial charge < -0.3 is 10.1 Å². The summed E-state index contributed by atoms with van der Waals surface area (Å²) in [5.41, 5.74) is -0.167. The number of ether oxygens (including phenoxy) is 1. The molecule has 6 nitrogen and oxygen atoms in total. The molecule has 0 atom stereocenters. The maximum atomic E-state index is 13.8. The molecule has 1 amide bonds. The lowest BCUT2D eigenvalue weighted by Gasteiger charge is -2.34. The number of nitrogens with two attached hydrogens (primary N) is 1. The number of carbonyl (C=O) groups excluding carboxylic acids is 1. The third kappa shape index (κ3) is 3.39. The van der Waals surface area contributed by atoms with Gasteiger partial charge in [-0.25, -0.2) is 17.9 Å². The minimum atomic E-state index is -4.08. The normalized spacial score (nSPS) is 21.7. The van der Waals surface area contributed by atoms with E-state index >= 15 is 0 Å². The quantitative estimate of drug-likeness (QED) is 0.853. The van der Waals surface area contributed by atoms with Gasteiger partial charge in [-0.3, -0.25) is 4.79 Å². The first-order valence-electron chi connectivity index (χ1n) is 6.39. The summed E-state index contributed by atoms with van der Waals surface area (Å²) in [5, 5.41) is 7.73. The molecule has 8 heteroatoms. The van der Waals surface area contributed by atoms with Gasteiger partial charge in [-0.05, 0) is 31.9 Å². The third-order valence-electron chi connectivity index (χ3n) is 3.63. The average molecular weight is 316 g/mol. The van der Waals surface area contributed by atoms with Crippen LogP contribution in [-0.4, -0.2) is 33.6 Å². The maximum absolute atomic E-state index is 13.8. The van der Waals surface area contributed by atoms with Crippen LogP contribution in [0.2, 0.25) is 0 Å². The molecule has 1 saturated carbocycles. The fourth-order valence-corrected chi connectivity index (χ4v) is 3.04. The van der Waals surface area contributed by atoms with Crippen molar-refractivity contribution in [2.75, 3.05) is 7.11 Å². The summed E-state index contributed by atoms with van der Waals surface area (Å²) in [5.74, 6) is -1.31. The van der Waals surface area contributed by atoms with E-state index in [2.05, 4.69) is 5.32 Å². The highest BCUT2D eigenvalue weighted by atomic mass is 32.2. The fraction of sp³-hybridized carbons (Fsp3) is 0.462. The van der Waals surface area contributed by atoms with Gasteiger partial charge in [0.1, 0.15) is 5.82 Å². The molecule has 0 saturated heterocycles. The van der Waals surface area contributed by atoms with Crippen LogP contribution in [0.4, 0.5) is 4.39 Å². The van der Waals surface area contributed by atoms with E-state index < -0.39 is 21.7 Å². The highest BCUT2D eigenvalue weighted by Gasteiger charge is 2.30. The average Bonchev–Trinajstić information content (AvgIpc) is 2.34. The molecule has 2 rings (SSSR count). The minimum Gasteiger partial charge on any atom is -0.381 e. The van der Waals surface area contributed by atoms with Crippen molar-refractivity contribution in [3.8, 4) is 0 Å². The Morgan fingerprint density at radius 1 is 1.43 bits per heavy atom. The Bertz CT molecular complexity index is 669. The van der Waals surface area contributed by atoms with Crippen LogP contribution in [0.15, 0.2) is 17.0 Å². The number of benzene rings is 1. The zero-order valence-corrected chi connectivity index (χ0v) is 12.5. The van der Waals surface area contributed by atoms with Crippen LogP contribution in [0.1, 0.15) is 28.8 Å². The predicted octanol–water partition coefficient (Wildman–Crippen LogP) is 0.689. The molecule has 0 heterocycles. The summed E-state index contributed by atoms with van der Waals surface area (Å²) in [6, 6.07) is 2.05. The Morgan fingerprint density at radius 3 is 2.57 bits per heavy atom. The first-order valence-corrected chi connectivity index (χ1v) is 7.93. The molecule has 1 aromatic rings. The molecule has 3 N–H and O–H groups in total. The Labute approximate surface area is 122 Å². The summed E-state index contributed by atoms with van der Waals surface area (Å²) in [7, 11) is -2.49. The molecular formula is C13H17FN2O4S. The molecule has 21 heavy (non-hydrogen) atoms. The van der Waals surface area contributed by atoms with Crippen molar-refractivity contribution in [1.29, 1.82) is 0 Å². The van der Waals surface area contributed by atoms with Crippen molar-refractivity contribution in [2.45, 2.75) is 36.8 Å². The molecule has 0 radical (unpaired) electrons. The Hall–Kier alpha value is -1.51. The highest BCUT2D eigenvalue weighted by Crippen LogP contribution is 2.24. The van der Waals surface area contributed by atoms with Gasteiger partial charge in [-0.2, -0.15) is 0 Å². The number of halogens is 1. The van der Waals surface area contributed by atoms with Gasteiger partial charge in [0, 0.05) is 24.3 Å². The van der Waals surface area contributed by atoms with Crippen LogP contribution in [0, 0.1) is 12.7 Å². The molecule has 0 unspecified atom stereocenters. The number of carbonyl (C=O) groups is 1. The van der Waals surface area contributed by atoms with E-state index in [1.54, 1.807) is 7.11 Å². The van der Waals surface area contributed by atoms with Crippen molar-refractivity contribution >= 4 is 15.9 Å². The van der Waals surface area contributed by atoms with Gasteiger partial charge in [0.05, 0.1) is 11.0 Å². The molecule has 1 fully saturated rings. The van der Waals surface area contributed by atoms with Gasteiger partial charge in [0.15, 0.2) is 0 Å². The molecule has 0 aromatic heterocycles. The summed E-state index contributed by atoms with van der Waals surface area (Å²) >= 11 is 0. The number of amides is 1. The molecule has 0 bridgehead atoms. The molecule has 0 aliphatic heterocycles. The van der Waals surface area contributed by atoms with E-state index in [1.165, 1.54) is 6.92 Å². The van der Waals surface area contributed by atoms with Crippen molar-refractivity contribution in [3.05, 3.63) is 29.1 Å². The number of hydrogen-bond donors (Lipinski definition) is 2. The largest absolute Gasteiger partial charge is 0.381 e. The Kier molecular flexibility index (Phi) is 4.31. The van der Waals surface area contributed by atoms with Gasteiger partial charge in [0.25, 0.3) is 5.91 Å². The van der Waals surface area contributed by atoms with E-state index in [-0.39, 0.29) is 28.2 Å². The van der Waals surface area contributed by atoms with Crippen molar-refractivity contribution in [3.63, 3.8) is 0 Å². The highest BCUT2D eigenvalue weighted by molar-refractivity contribution is 7.89. The summed E-state index contributed by atoms with van der Waals surface area (Å²) in [6.45, 7) is 1.30. The molecule has 1 aliphatic carbocycles. The van der Waals surface area contributed by atoms with Crippen LogP contribution in [-0.2, 0) is 14.8 Å². The number of sulfonamides is 1. The molecule has 0 spiro atoms. The molecule has 1 aromatic carbocycles. The number of hydrogen-bond acceptors (Lipinski definition) is 4. The van der Waals surface area contributed by atoms with Gasteiger partial charge in [0.2, 0.25) is 10.0 Å². The lowest BCUT2D eigenvalue weighted by Crippen LogP contribution is -2.47. The summed E-state index contributed by atoms with van der Waals surface area (Å²) < 4.78 is 41.7. The Morgan fingerprint density at radius 2 is 2.05 bits per heavy atom. The monoisotopic (exact) mass is 316 g/mol. The first-order chi connectivity index (χ1) is 9.72. The lowest BCUT2D eigenvalue weighted by molar-refractivity contribution is 0.0176. The van der Waals surface area contributed by atoms with E-state index in [0.29, 0.717) is 12.8 Å². The smallest absolute Gasteiger partial charge is 0.251 e. The van der Waals surface area contributed by atoms with Gasteiger partial charge >= 0.3 is 0 Å². The fourth-order valence-electron chi connectivity index (χ4n) is 2.22. The van der Waals surface area contributed by atoms with E-state index in [9.17, 15) is 17.6 Å². The zero-order chi connectivity index (χ0) is 15.8. The number of rotatable bonds is 4. The molecular weight excluding hydrogens is 299 g/mol. The predicted molar refractivity (Wildman–Crippen MR) is 73.8 cm³/mol. The minimum absolute atomic E-state index is 0.0512. The summed E-state index contributed by atoms with van der Waals surface area (Å²) in [6.07, 6.45) is 1.47. The van der Waals surface area contributed by atoms with Gasteiger partial charge in [-0.15, -0.1) is 0 Å². The van der Waals surface area contributed by atoms with Crippen LogP contribution in [0.3, 0.4) is 0 Å². The van der Waals surface area contributed by atoms with E-state index in [0.717, 1.165) is 12.1 Å². The van der Waals surface area contributed by atoms with Crippen LogP contribution in [0.25, 0.3) is 0 Å². The van der Waals surface area contributed by atoms with Crippen molar-refractivity contribution in [2.24, 2.45) is 5.14 Å². The van der Waals surface area contributed by atoms with Crippen molar-refractivity contribution < 1.29 is 22.3 Å². The topological polar surface area (TPSA) is 98.5 Å². The maximum Gasteiger partial charge on any atom is 0.251 e. The zero-order valence-electron chi connectivity index (χ0n) is 11.7. The first kappa shape index (κ1) is 15.9. The molecule has 1 aliphatic rings. The Balaban J connectivity index is 2.20. The van der Waals surface area contributed by atoms with Crippen LogP contribution >= 0.6 is 0 Å². The van der Waals surface area contributed by atoms with E-state index in [1.807, 2.05) is 0 Å². The summed E-state index contributed by atoms with van der Waals surface area (Å²) in [4.78, 5) is 11.7. The number of methoxy groups -OCH3 is 1. The second kappa shape index (κ2) is 5.70. The molecule has 116 valence electrons. The van der Waals surface area contributed by atoms with E-state index in [4.69, 9.17) is 9.88 Å². The van der Waals surface area contributed by atoms with Crippen molar-refractivity contribution in [1.82, 2.24) is 5.32 Å². The number of nitrogens with one attached hydrogen (secondary N) is 1.